The lowest BCUT2D eigenvalue weighted by molar-refractivity contribution is -0.384. The van der Waals surface area contributed by atoms with Crippen molar-refractivity contribution in [3.63, 3.8) is 0 Å². The number of sulfonamides is 1. The normalized spacial score (nSPS) is 12.6. The molecule has 0 radical (unpaired) electrons. The summed E-state index contributed by atoms with van der Waals surface area (Å²) >= 11 is 0. The summed E-state index contributed by atoms with van der Waals surface area (Å²) in [7, 11) is -2.54. The molecule has 3 aromatic rings. The third-order valence-corrected chi connectivity index (χ3v) is 7.91. The molecule has 0 heterocycles. The summed E-state index contributed by atoms with van der Waals surface area (Å²) in [5.41, 5.74) is 1.11. The van der Waals surface area contributed by atoms with E-state index in [0.29, 0.717) is 17.7 Å². The van der Waals surface area contributed by atoms with E-state index >= 15 is 0 Å². The minimum atomic E-state index is -4.06. The minimum absolute atomic E-state index is 0.0198. The average molecular weight is 597 g/mol. The highest BCUT2D eigenvalue weighted by Crippen LogP contribution is 2.25. The van der Waals surface area contributed by atoms with Crippen LogP contribution in [-0.2, 0) is 32.6 Å². The Morgan fingerprint density at radius 1 is 1.00 bits per heavy atom. The molecule has 0 aliphatic heterocycles. The lowest BCUT2D eigenvalue weighted by atomic mass is 10.0. The molecule has 3 aromatic carbocycles. The number of nitrogens with zero attached hydrogens (tertiary/aromatic N) is 3. The maximum atomic E-state index is 14.1. The van der Waals surface area contributed by atoms with Gasteiger partial charge in [0.15, 0.2) is 0 Å². The molecule has 2 amide bonds. The smallest absolute Gasteiger partial charge is 0.271 e. The fourth-order valence-electron chi connectivity index (χ4n) is 4.34. The number of nitro benzene ring substituents is 1. The van der Waals surface area contributed by atoms with Crippen molar-refractivity contribution in [1.82, 2.24) is 10.2 Å². The number of carbonyl (C=O) groups excluding carboxylic acids is 2. The van der Waals surface area contributed by atoms with E-state index in [1.54, 1.807) is 24.3 Å². The number of nitrogens with one attached hydrogen (secondary N) is 1. The molecule has 0 aliphatic carbocycles. The molecule has 11 nitrogen and oxygen atoms in total. The molecule has 3 rings (SSSR count). The molecule has 0 spiro atoms. The second-order valence-corrected chi connectivity index (χ2v) is 11.8. The number of hydrogen-bond acceptors (Lipinski definition) is 7. The van der Waals surface area contributed by atoms with Crippen molar-refractivity contribution in [2.75, 3.05) is 24.2 Å². The summed E-state index contributed by atoms with van der Waals surface area (Å²) in [5.74, 6) is -0.487. The summed E-state index contributed by atoms with van der Waals surface area (Å²) in [6.07, 6.45) is 1.76. The van der Waals surface area contributed by atoms with Gasteiger partial charge in [-0.15, -0.1) is 0 Å². The van der Waals surface area contributed by atoms with E-state index in [0.717, 1.165) is 22.2 Å². The first-order valence-corrected chi connectivity index (χ1v) is 15.3. The molecule has 12 heteroatoms. The Balaban J connectivity index is 2.09. The van der Waals surface area contributed by atoms with Crippen LogP contribution in [0.25, 0.3) is 0 Å². The number of rotatable bonds is 14. The first-order valence-electron chi connectivity index (χ1n) is 13.4. The van der Waals surface area contributed by atoms with Gasteiger partial charge in [0.05, 0.1) is 24.0 Å². The Morgan fingerprint density at radius 3 is 2.29 bits per heavy atom. The van der Waals surface area contributed by atoms with Gasteiger partial charge in [0.2, 0.25) is 21.8 Å². The predicted octanol–water partition coefficient (Wildman–Crippen LogP) is 3.92. The summed E-state index contributed by atoms with van der Waals surface area (Å²) in [5, 5.41) is 14.3. The lowest BCUT2D eigenvalue weighted by Gasteiger charge is -2.34. The standard InChI is InChI=1S/C30H36N4O7S/c1-5-22(2)31-30(36)28(18-23-11-7-6-8-12-23)32(20-24-13-9-16-27(17-24)41-3)29(35)21-33(42(4,39)40)25-14-10-15-26(19-25)34(37)38/h6-17,19,22,28H,5,18,20-21H2,1-4H3,(H,31,36)/t22-,28+/m0/s1. The van der Waals surface area contributed by atoms with Gasteiger partial charge in [-0.25, -0.2) is 8.42 Å². The predicted molar refractivity (Wildman–Crippen MR) is 161 cm³/mol. The molecular weight excluding hydrogens is 560 g/mol. The molecule has 224 valence electrons. The van der Waals surface area contributed by atoms with Gasteiger partial charge in [0, 0.05) is 31.1 Å². The van der Waals surface area contributed by atoms with Gasteiger partial charge in [-0.05, 0) is 42.7 Å². The Morgan fingerprint density at radius 2 is 1.67 bits per heavy atom. The molecule has 0 saturated heterocycles. The number of benzene rings is 3. The second-order valence-electron chi connectivity index (χ2n) is 9.94. The van der Waals surface area contributed by atoms with E-state index in [2.05, 4.69) is 5.32 Å². The van der Waals surface area contributed by atoms with Gasteiger partial charge in [-0.3, -0.25) is 24.0 Å². The SMILES string of the molecule is CC[C@H](C)NC(=O)[C@@H](Cc1ccccc1)N(Cc1cccc(OC)c1)C(=O)CN(c1cccc([N+](=O)[O-])c1)S(C)(=O)=O. The Hall–Kier alpha value is -4.45. The van der Waals surface area contributed by atoms with Crippen LogP contribution in [0.15, 0.2) is 78.9 Å². The van der Waals surface area contributed by atoms with E-state index in [1.165, 1.54) is 30.2 Å². The molecule has 0 fully saturated rings. The third-order valence-electron chi connectivity index (χ3n) is 6.77. The number of anilines is 1. The van der Waals surface area contributed by atoms with Gasteiger partial charge in [0.25, 0.3) is 5.69 Å². The van der Waals surface area contributed by atoms with Crippen molar-refractivity contribution >= 4 is 33.2 Å². The van der Waals surface area contributed by atoms with E-state index in [1.807, 2.05) is 44.2 Å². The zero-order chi connectivity index (χ0) is 30.9. The van der Waals surface area contributed by atoms with Crippen molar-refractivity contribution in [2.24, 2.45) is 0 Å². The number of amides is 2. The molecule has 0 unspecified atom stereocenters. The monoisotopic (exact) mass is 596 g/mol. The summed E-state index contributed by atoms with van der Waals surface area (Å²) < 4.78 is 31.9. The highest BCUT2D eigenvalue weighted by molar-refractivity contribution is 7.92. The maximum absolute atomic E-state index is 14.1. The van der Waals surface area contributed by atoms with E-state index in [9.17, 15) is 28.1 Å². The van der Waals surface area contributed by atoms with Crippen LogP contribution in [-0.4, -0.2) is 62.0 Å². The van der Waals surface area contributed by atoms with E-state index < -0.39 is 33.4 Å². The topological polar surface area (TPSA) is 139 Å². The van der Waals surface area contributed by atoms with Crippen LogP contribution in [0.4, 0.5) is 11.4 Å². The Bertz CT molecular complexity index is 1500. The molecule has 2 atom stereocenters. The zero-order valence-electron chi connectivity index (χ0n) is 24.1. The van der Waals surface area contributed by atoms with Gasteiger partial charge in [0.1, 0.15) is 18.3 Å². The fourth-order valence-corrected chi connectivity index (χ4v) is 5.18. The molecule has 0 bridgehead atoms. The molecule has 1 N–H and O–H groups in total. The molecule has 0 saturated carbocycles. The zero-order valence-corrected chi connectivity index (χ0v) is 24.9. The highest BCUT2D eigenvalue weighted by atomic mass is 32.2. The van der Waals surface area contributed by atoms with Crippen LogP contribution in [0.5, 0.6) is 5.75 Å². The number of non-ortho nitro benzene ring substituents is 1. The molecule has 0 aliphatic rings. The quantitative estimate of drug-likeness (QED) is 0.220. The lowest BCUT2D eigenvalue weighted by Crippen LogP contribution is -2.54. The summed E-state index contributed by atoms with van der Waals surface area (Å²) in [4.78, 5) is 39.9. The Kier molecular flexibility index (Phi) is 11.0. The van der Waals surface area contributed by atoms with E-state index in [4.69, 9.17) is 4.74 Å². The Labute approximate surface area is 246 Å². The molecular formula is C30H36N4O7S. The largest absolute Gasteiger partial charge is 0.497 e. The van der Waals surface area contributed by atoms with Crippen molar-refractivity contribution in [2.45, 2.75) is 45.3 Å². The van der Waals surface area contributed by atoms with Gasteiger partial charge in [-0.2, -0.15) is 0 Å². The van der Waals surface area contributed by atoms with Crippen LogP contribution < -0.4 is 14.4 Å². The first kappa shape index (κ1) is 32.1. The van der Waals surface area contributed by atoms with Crippen LogP contribution >= 0.6 is 0 Å². The third kappa shape index (κ3) is 8.77. The number of ether oxygens (including phenoxy) is 1. The molecule has 42 heavy (non-hydrogen) atoms. The van der Waals surface area contributed by atoms with Crippen molar-refractivity contribution in [3.8, 4) is 5.75 Å². The summed E-state index contributed by atoms with van der Waals surface area (Å²) in [6.45, 7) is 3.10. The van der Waals surface area contributed by atoms with Crippen LogP contribution in [0.3, 0.4) is 0 Å². The van der Waals surface area contributed by atoms with Crippen LogP contribution in [0, 0.1) is 10.1 Å². The number of hydrogen-bond donors (Lipinski definition) is 1. The fraction of sp³-hybridized carbons (Fsp3) is 0.333. The van der Waals surface area contributed by atoms with Crippen molar-refractivity contribution in [3.05, 3.63) is 100 Å². The maximum Gasteiger partial charge on any atom is 0.271 e. The van der Waals surface area contributed by atoms with Crippen molar-refractivity contribution < 1.29 is 27.7 Å². The highest BCUT2D eigenvalue weighted by Gasteiger charge is 2.33. The van der Waals surface area contributed by atoms with E-state index in [-0.39, 0.29) is 36.3 Å². The van der Waals surface area contributed by atoms with Gasteiger partial charge >= 0.3 is 0 Å². The minimum Gasteiger partial charge on any atom is -0.497 e. The van der Waals surface area contributed by atoms with Crippen LogP contribution in [0.2, 0.25) is 0 Å². The van der Waals surface area contributed by atoms with Crippen molar-refractivity contribution in [1.29, 1.82) is 0 Å². The first-order chi connectivity index (χ1) is 19.9. The number of nitro groups is 1. The summed E-state index contributed by atoms with van der Waals surface area (Å²) in [6, 6.07) is 20.1. The van der Waals surface area contributed by atoms with Crippen LogP contribution in [0.1, 0.15) is 31.4 Å². The van der Waals surface area contributed by atoms with Gasteiger partial charge in [-0.1, -0.05) is 55.5 Å². The number of carbonyl (C=O) groups is 2. The molecule has 0 aromatic heterocycles. The number of methoxy groups -OCH3 is 1. The average Bonchev–Trinajstić information content (AvgIpc) is 2.97. The second kappa shape index (κ2) is 14.4. The van der Waals surface area contributed by atoms with Gasteiger partial charge < -0.3 is 15.0 Å².